The number of fused-ring (bicyclic) bond motifs is 3. The van der Waals surface area contributed by atoms with Crippen LogP contribution >= 0.6 is 0 Å². The smallest absolute Gasteiger partial charge is 0.258 e. The van der Waals surface area contributed by atoms with Gasteiger partial charge in [0, 0.05) is 13.0 Å². The highest BCUT2D eigenvalue weighted by atomic mass is 19.1. The minimum absolute atomic E-state index is 0.116. The zero-order chi connectivity index (χ0) is 18.0. The van der Waals surface area contributed by atoms with E-state index in [9.17, 15) is 18.8 Å². The number of hydrogen-bond donors (Lipinski definition) is 2. The minimum Gasteiger partial charge on any atom is -0.322 e. The highest BCUT2D eigenvalue weighted by Crippen LogP contribution is 2.51. The van der Waals surface area contributed by atoms with Crippen molar-refractivity contribution in [2.24, 2.45) is 11.8 Å². The van der Waals surface area contributed by atoms with E-state index < -0.39 is 23.7 Å². The quantitative estimate of drug-likeness (QED) is 0.772. The van der Waals surface area contributed by atoms with Crippen molar-refractivity contribution in [3.63, 3.8) is 0 Å². The van der Waals surface area contributed by atoms with E-state index in [1.54, 1.807) is 0 Å². The molecule has 3 heterocycles. The van der Waals surface area contributed by atoms with Crippen LogP contribution in [0.15, 0.2) is 12.1 Å². The van der Waals surface area contributed by atoms with Crippen LogP contribution in [0.3, 0.4) is 0 Å². The summed E-state index contributed by atoms with van der Waals surface area (Å²) >= 11 is 0. The van der Waals surface area contributed by atoms with Gasteiger partial charge in [-0.1, -0.05) is 6.07 Å². The predicted octanol–water partition coefficient (Wildman–Crippen LogP) is 0.910. The lowest BCUT2D eigenvalue weighted by molar-refractivity contribution is -0.136. The number of nitrogens with one attached hydrogen (secondary N) is 2. The molecule has 2 bridgehead atoms. The number of halogens is 1. The Morgan fingerprint density at radius 2 is 1.88 bits per heavy atom. The van der Waals surface area contributed by atoms with Crippen LogP contribution in [0.2, 0.25) is 0 Å². The predicted molar refractivity (Wildman–Crippen MR) is 89.7 cm³/mol. The van der Waals surface area contributed by atoms with Crippen LogP contribution in [-0.4, -0.2) is 41.8 Å². The third kappa shape index (κ3) is 2.16. The highest BCUT2D eigenvalue weighted by Gasteiger charge is 2.48. The van der Waals surface area contributed by atoms with E-state index >= 15 is 0 Å². The van der Waals surface area contributed by atoms with Crippen molar-refractivity contribution in [3.8, 4) is 0 Å². The summed E-state index contributed by atoms with van der Waals surface area (Å²) in [5.41, 5.74) is 1.92. The lowest BCUT2D eigenvalue weighted by Gasteiger charge is -2.50. The lowest BCUT2D eigenvalue weighted by atomic mass is 9.59. The Morgan fingerprint density at radius 3 is 2.58 bits per heavy atom. The standard InChI is InChI=1S/C19H20FN3O3/c20-13-2-1-11(16-9-5-10(16)7-21-6-9)12-8-23(19(26)17(12)13)14-3-4-15(24)22-18(14)25/h1-2,9-10,14,16,21H,3-8H2,(H,22,24,25). The Balaban J connectivity index is 1.50. The fraction of sp³-hybridized carbons (Fsp3) is 0.526. The molecule has 0 spiro atoms. The van der Waals surface area contributed by atoms with Crippen molar-refractivity contribution >= 4 is 17.7 Å². The molecule has 1 saturated carbocycles. The normalized spacial score (nSPS) is 33.0. The van der Waals surface area contributed by atoms with Crippen LogP contribution in [0.5, 0.6) is 0 Å². The molecule has 0 aromatic heterocycles. The van der Waals surface area contributed by atoms with Gasteiger partial charge in [-0.15, -0.1) is 0 Å². The van der Waals surface area contributed by atoms with Crippen LogP contribution < -0.4 is 10.6 Å². The second-order valence-corrected chi connectivity index (χ2v) is 7.83. The molecule has 5 rings (SSSR count). The summed E-state index contributed by atoms with van der Waals surface area (Å²) < 4.78 is 14.5. The van der Waals surface area contributed by atoms with Crippen LogP contribution in [0, 0.1) is 17.7 Å². The molecule has 1 aromatic carbocycles. The van der Waals surface area contributed by atoms with Crippen LogP contribution in [-0.2, 0) is 16.1 Å². The summed E-state index contributed by atoms with van der Waals surface area (Å²) in [7, 11) is 0. The van der Waals surface area contributed by atoms with Gasteiger partial charge in [-0.25, -0.2) is 4.39 Å². The maximum absolute atomic E-state index is 14.5. The third-order valence-corrected chi connectivity index (χ3v) is 6.48. The first-order valence-electron chi connectivity index (χ1n) is 9.21. The SMILES string of the molecule is O=C1CCC(N2Cc3c(C4C5CNCC4C5)ccc(F)c3C2=O)C(=O)N1. The molecule has 2 saturated heterocycles. The minimum atomic E-state index is -0.706. The van der Waals surface area contributed by atoms with Gasteiger partial charge in [0.2, 0.25) is 11.8 Å². The van der Waals surface area contributed by atoms with Gasteiger partial charge in [0.1, 0.15) is 11.9 Å². The number of amides is 3. The molecule has 0 radical (unpaired) electrons. The molecular formula is C19H20FN3O3. The summed E-state index contributed by atoms with van der Waals surface area (Å²) in [6.45, 7) is 2.16. The fourth-order valence-electron chi connectivity index (χ4n) is 5.22. The molecule has 1 aromatic rings. The first-order chi connectivity index (χ1) is 12.5. The van der Waals surface area contributed by atoms with Gasteiger partial charge in [0.25, 0.3) is 5.91 Å². The Bertz CT molecular complexity index is 826. The molecule has 1 aliphatic carbocycles. The largest absolute Gasteiger partial charge is 0.322 e. The first-order valence-corrected chi connectivity index (χ1v) is 9.21. The second-order valence-electron chi connectivity index (χ2n) is 7.83. The van der Waals surface area contributed by atoms with E-state index in [-0.39, 0.29) is 24.4 Å². The molecule has 4 aliphatic rings. The molecule has 3 aliphatic heterocycles. The van der Waals surface area contributed by atoms with E-state index in [2.05, 4.69) is 10.6 Å². The fourth-order valence-corrected chi connectivity index (χ4v) is 5.22. The number of hydrogen-bond acceptors (Lipinski definition) is 4. The Kier molecular flexibility index (Phi) is 3.44. The van der Waals surface area contributed by atoms with Crippen LogP contribution in [0.1, 0.15) is 46.7 Å². The number of piperidine rings is 3. The van der Waals surface area contributed by atoms with Gasteiger partial charge in [-0.05, 0) is 60.9 Å². The maximum Gasteiger partial charge on any atom is 0.258 e. The molecule has 3 amide bonds. The summed E-state index contributed by atoms with van der Waals surface area (Å²) in [4.78, 5) is 37.9. The van der Waals surface area contributed by atoms with E-state index in [1.807, 2.05) is 6.07 Å². The van der Waals surface area contributed by atoms with Gasteiger partial charge in [-0.3, -0.25) is 19.7 Å². The molecule has 3 unspecified atom stereocenters. The van der Waals surface area contributed by atoms with Gasteiger partial charge in [0.15, 0.2) is 0 Å². The third-order valence-electron chi connectivity index (χ3n) is 6.48. The number of imide groups is 1. The topological polar surface area (TPSA) is 78.5 Å². The van der Waals surface area contributed by atoms with Gasteiger partial charge in [-0.2, -0.15) is 0 Å². The molecule has 3 atom stereocenters. The number of rotatable bonds is 2. The van der Waals surface area contributed by atoms with Gasteiger partial charge in [0.05, 0.1) is 5.56 Å². The summed E-state index contributed by atoms with van der Waals surface area (Å²) in [5, 5.41) is 5.69. The Morgan fingerprint density at radius 1 is 1.12 bits per heavy atom. The van der Waals surface area contributed by atoms with E-state index in [0.717, 1.165) is 24.2 Å². The van der Waals surface area contributed by atoms with E-state index in [4.69, 9.17) is 0 Å². The van der Waals surface area contributed by atoms with Crippen molar-refractivity contribution < 1.29 is 18.8 Å². The molecule has 7 heteroatoms. The molecule has 6 nitrogen and oxygen atoms in total. The molecule has 2 N–H and O–H groups in total. The van der Waals surface area contributed by atoms with E-state index in [1.165, 1.54) is 17.4 Å². The van der Waals surface area contributed by atoms with Crippen LogP contribution in [0.4, 0.5) is 4.39 Å². The molecule has 26 heavy (non-hydrogen) atoms. The number of carbonyl (C=O) groups excluding carboxylic acids is 3. The number of benzene rings is 1. The molecule has 3 fully saturated rings. The summed E-state index contributed by atoms with van der Waals surface area (Å²) in [5.74, 6) is -0.319. The van der Waals surface area contributed by atoms with E-state index in [0.29, 0.717) is 24.2 Å². The van der Waals surface area contributed by atoms with Crippen molar-refractivity contribution in [2.45, 2.75) is 37.8 Å². The first kappa shape index (κ1) is 15.9. The van der Waals surface area contributed by atoms with Crippen molar-refractivity contribution in [2.75, 3.05) is 13.1 Å². The zero-order valence-electron chi connectivity index (χ0n) is 14.3. The number of carbonyl (C=O) groups is 3. The second kappa shape index (κ2) is 5.61. The molecular weight excluding hydrogens is 337 g/mol. The lowest BCUT2D eigenvalue weighted by Crippen LogP contribution is -2.52. The van der Waals surface area contributed by atoms with Crippen molar-refractivity contribution in [1.29, 1.82) is 0 Å². The Labute approximate surface area is 150 Å². The van der Waals surface area contributed by atoms with Crippen molar-refractivity contribution in [1.82, 2.24) is 15.5 Å². The van der Waals surface area contributed by atoms with Crippen molar-refractivity contribution in [3.05, 3.63) is 34.6 Å². The highest BCUT2D eigenvalue weighted by molar-refractivity contribution is 6.05. The maximum atomic E-state index is 14.5. The summed E-state index contributed by atoms with van der Waals surface area (Å²) in [6.07, 6.45) is 1.67. The van der Waals surface area contributed by atoms with Gasteiger partial charge >= 0.3 is 0 Å². The zero-order valence-corrected chi connectivity index (χ0v) is 14.3. The monoisotopic (exact) mass is 357 g/mol. The average molecular weight is 357 g/mol. The number of nitrogens with zero attached hydrogens (tertiary/aromatic N) is 1. The summed E-state index contributed by atoms with van der Waals surface area (Å²) in [6, 6.07) is 2.51. The average Bonchev–Trinajstić information content (AvgIpc) is 2.96. The molecule has 136 valence electrons. The van der Waals surface area contributed by atoms with Gasteiger partial charge < -0.3 is 10.2 Å². The van der Waals surface area contributed by atoms with Crippen LogP contribution in [0.25, 0.3) is 0 Å². The Hall–Kier alpha value is -2.28.